The summed E-state index contributed by atoms with van der Waals surface area (Å²) < 4.78 is 32.2. The molecule has 0 aromatic carbocycles. The van der Waals surface area contributed by atoms with E-state index in [0.29, 0.717) is 6.54 Å². The monoisotopic (exact) mass is 168 g/mol. The van der Waals surface area contributed by atoms with Crippen LogP contribution in [0.4, 0.5) is 0 Å². The average molecular weight is 168 g/mol. The molecule has 0 spiro atoms. The molecule has 7 heteroatoms. The second-order valence-corrected chi connectivity index (χ2v) is 3.06. The summed E-state index contributed by atoms with van der Waals surface area (Å²) in [7, 11) is -4.36. The minimum absolute atomic E-state index is 0.359. The molecule has 10 heavy (non-hydrogen) atoms. The fourth-order valence-corrected chi connectivity index (χ4v) is 1.06. The van der Waals surface area contributed by atoms with Crippen molar-refractivity contribution in [3.05, 3.63) is 0 Å². The second-order valence-electron chi connectivity index (χ2n) is 2.02. The topological polar surface area (TPSA) is 102 Å². The van der Waals surface area contributed by atoms with E-state index in [9.17, 15) is 8.42 Å². The first-order chi connectivity index (χ1) is 4.49. The maximum Gasteiger partial charge on any atom is 0.398 e. The molecule has 2 atom stereocenters. The van der Waals surface area contributed by atoms with Gasteiger partial charge in [-0.1, -0.05) is 0 Å². The summed E-state index contributed by atoms with van der Waals surface area (Å²) >= 11 is 0. The Kier molecular flexibility index (Phi) is 1.92. The molecule has 0 saturated carbocycles. The Morgan fingerprint density at radius 2 is 2.30 bits per heavy atom. The first kappa shape index (κ1) is 7.89. The van der Waals surface area contributed by atoms with Gasteiger partial charge in [-0.05, 0) is 0 Å². The van der Waals surface area contributed by atoms with Gasteiger partial charge in [0, 0.05) is 6.54 Å². The molecule has 6 nitrogen and oxygen atoms in total. The first-order valence-corrected chi connectivity index (χ1v) is 4.00. The van der Waals surface area contributed by atoms with E-state index in [0.717, 1.165) is 0 Å². The number of nitrogens with two attached hydrogens (primary N) is 1. The highest BCUT2D eigenvalue weighted by molar-refractivity contribution is 7.80. The molecular weight excluding hydrogens is 160 g/mol. The highest BCUT2D eigenvalue weighted by Crippen LogP contribution is 2.05. The van der Waals surface area contributed by atoms with E-state index in [2.05, 4.69) is 9.50 Å². The average Bonchev–Trinajstić information content (AvgIpc) is 1.78. The Morgan fingerprint density at radius 3 is 2.40 bits per heavy atom. The molecule has 0 amide bonds. The van der Waals surface area contributed by atoms with Gasteiger partial charge >= 0.3 is 10.4 Å². The van der Waals surface area contributed by atoms with E-state index in [1.54, 1.807) is 0 Å². The maximum atomic E-state index is 10.0. The van der Waals surface area contributed by atoms with Crippen LogP contribution in [-0.4, -0.2) is 31.8 Å². The standard InChI is InChI=1S/C3H8N2O4S/c4-2-1-5-3(2)9-10(6,7)8/h2-3,5H,1,4H2,(H,6,7,8). The van der Waals surface area contributed by atoms with Gasteiger partial charge in [-0.25, -0.2) is 4.18 Å². The van der Waals surface area contributed by atoms with Crippen molar-refractivity contribution >= 4 is 10.4 Å². The molecule has 0 aromatic heterocycles. The Balaban J connectivity index is 2.40. The van der Waals surface area contributed by atoms with Crippen LogP contribution in [-0.2, 0) is 14.6 Å². The molecule has 0 aliphatic carbocycles. The molecule has 0 aromatic rings. The molecule has 1 fully saturated rings. The Morgan fingerprint density at radius 1 is 1.70 bits per heavy atom. The lowest BCUT2D eigenvalue weighted by Crippen LogP contribution is -2.63. The quantitative estimate of drug-likeness (QED) is 0.415. The largest absolute Gasteiger partial charge is 0.398 e. The number of nitrogens with one attached hydrogen (secondary N) is 1. The summed E-state index contributed by atoms with van der Waals surface area (Å²) in [6, 6.07) is -0.359. The summed E-state index contributed by atoms with van der Waals surface area (Å²) in [5.41, 5.74) is 5.27. The highest BCUT2D eigenvalue weighted by Gasteiger charge is 2.31. The lowest BCUT2D eigenvalue weighted by Gasteiger charge is -2.32. The van der Waals surface area contributed by atoms with Gasteiger partial charge in [-0.2, -0.15) is 8.42 Å². The fraction of sp³-hybridized carbons (Fsp3) is 1.00. The van der Waals surface area contributed by atoms with Gasteiger partial charge in [-0.3, -0.25) is 9.87 Å². The predicted molar refractivity (Wildman–Crippen MR) is 32.4 cm³/mol. The number of rotatable bonds is 2. The Hall–Kier alpha value is -0.210. The zero-order chi connectivity index (χ0) is 7.78. The van der Waals surface area contributed by atoms with Crippen molar-refractivity contribution in [1.29, 1.82) is 0 Å². The third-order valence-corrected chi connectivity index (χ3v) is 1.62. The zero-order valence-corrected chi connectivity index (χ0v) is 5.84. The van der Waals surface area contributed by atoms with Crippen molar-refractivity contribution in [3.63, 3.8) is 0 Å². The normalized spacial score (nSPS) is 33.4. The summed E-state index contributed by atoms with van der Waals surface area (Å²) in [5.74, 6) is 0. The Labute approximate surface area is 58.3 Å². The van der Waals surface area contributed by atoms with Crippen LogP contribution in [0.1, 0.15) is 0 Å². The lowest BCUT2D eigenvalue weighted by molar-refractivity contribution is 0.0674. The molecule has 1 heterocycles. The molecule has 1 aliphatic heterocycles. The third-order valence-electron chi connectivity index (χ3n) is 1.17. The number of hydrogen-bond acceptors (Lipinski definition) is 5. The minimum Gasteiger partial charge on any atom is -0.323 e. The van der Waals surface area contributed by atoms with Crippen LogP contribution >= 0.6 is 0 Å². The molecule has 0 radical (unpaired) electrons. The van der Waals surface area contributed by atoms with Crippen molar-refractivity contribution in [2.75, 3.05) is 6.54 Å². The second kappa shape index (κ2) is 2.44. The van der Waals surface area contributed by atoms with Crippen LogP contribution in [0.5, 0.6) is 0 Å². The highest BCUT2D eigenvalue weighted by atomic mass is 32.3. The van der Waals surface area contributed by atoms with Gasteiger partial charge in [0.1, 0.15) is 6.23 Å². The van der Waals surface area contributed by atoms with Crippen LogP contribution in [0.3, 0.4) is 0 Å². The summed E-state index contributed by atoms with van der Waals surface area (Å²) in [6.45, 7) is 0.500. The summed E-state index contributed by atoms with van der Waals surface area (Å²) in [4.78, 5) is 0. The molecule has 60 valence electrons. The molecular formula is C3H8N2O4S. The number of hydrogen-bond donors (Lipinski definition) is 3. The molecule has 1 saturated heterocycles. The van der Waals surface area contributed by atoms with Crippen LogP contribution in [0, 0.1) is 0 Å². The molecule has 1 rings (SSSR count). The van der Waals surface area contributed by atoms with Crippen molar-refractivity contribution in [2.45, 2.75) is 12.3 Å². The van der Waals surface area contributed by atoms with Crippen molar-refractivity contribution in [3.8, 4) is 0 Å². The van der Waals surface area contributed by atoms with Crippen LogP contribution in [0.15, 0.2) is 0 Å². The third kappa shape index (κ3) is 1.89. The van der Waals surface area contributed by atoms with Gasteiger partial charge in [0.05, 0.1) is 6.04 Å². The fourth-order valence-electron chi connectivity index (χ4n) is 0.587. The van der Waals surface area contributed by atoms with E-state index < -0.39 is 16.6 Å². The van der Waals surface area contributed by atoms with Gasteiger partial charge < -0.3 is 5.73 Å². The van der Waals surface area contributed by atoms with Gasteiger partial charge in [0.15, 0.2) is 0 Å². The molecule has 1 aliphatic rings. The van der Waals surface area contributed by atoms with Gasteiger partial charge in [0.2, 0.25) is 0 Å². The van der Waals surface area contributed by atoms with E-state index >= 15 is 0 Å². The van der Waals surface area contributed by atoms with E-state index in [4.69, 9.17) is 10.3 Å². The SMILES string of the molecule is NC1CNC1OS(=O)(=O)O. The summed E-state index contributed by atoms with van der Waals surface area (Å²) in [6.07, 6.45) is -0.769. The molecule has 4 N–H and O–H groups in total. The van der Waals surface area contributed by atoms with Crippen LogP contribution in [0.25, 0.3) is 0 Å². The smallest absolute Gasteiger partial charge is 0.323 e. The van der Waals surface area contributed by atoms with E-state index in [1.165, 1.54) is 0 Å². The predicted octanol–water partition coefficient (Wildman–Crippen LogP) is -1.94. The lowest BCUT2D eigenvalue weighted by atomic mass is 10.2. The van der Waals surface area contributed by atoms with Crippen molar-refractivity contribution in [1.82, 2.24) is 5.32 Å². The van der Waals surface area contributed by atoms with Crippen molar-refractivity contribution in [2.24, 2.45) is 5.73 Å². The van der Waals surface area contributed by atoms with Crippen molar-refractivity contribution < 1.29 is 17.2 Å². The van der Waals surface area contributed by atoms with Gasteiger partial charge in [-0.15, -0.1) is 0 Å². The molecule has 0 bridgehead atoms. The Bertz CT molecular complexity index is 213. The molecule has 2 unspecified atom stereocenters. The van der Waals surface area contributed by atoms with Crippen LogP contribution in [0.2, 0.25) is 0 Å². The van der Waals surface area contributed by atoms with E-state index in [1.807, 2.05) is 0 Å². The van der Waals surface area contributed by atoms with E-state index in [-0.39, 0.29) is 6.04 Å². The minimum atomic E-state index is -4.36. The van der Waals surface area contributed by atoms with Crippen LogP contribution < -0.4 is 11.1 Å². The van der Waals surface area contributed by atoms with Gasteiger partial charge in [0.25, 0.3) is 0 Å². The first-order valence-electron chi connectivity index (χ1n) is 2.64. The maximum absolute atomic E-state index is 10.0. The zero-order valence-electron chi connectivity index (χ0n) is 5.02. The summed E-state index contributed by atoms with van der Waals surface area (Å²) in [5, 5.41) is 2.57.